The van der Waals surface area contributed by atoms with Gasteiger partial charge in [-0.3, -0.25) is 25.2 Å². The first-order valence-corrected chi connectivity index (χ1v) is 5.74. The smallest absolute Gasteiger partial charge is 0.306 e. The van der Waals surface area contributed by atoms with E-state index in [2.05, 4.69) is 15.6 Å². The van der Waals surface area contributed by atoms with E-state index in [1.807, 2.05) is 6.92 Å². The van der Waals surface area contributed by atoms with Crippen molar-refractivity contribution < 1.29 is 19.1 Å². The van der Waals surface area contributed by atoms with Crippen LogP contribution in [0.3, 0.4) is 0 Å². The Kier molecular flexibility index (Phi) is 7.36. The minimum Gasteiger partial charge on any atom is -0.469 e. The van der Waals surface area contributed by atoms with Crippen LogP contribution in [0.1, 0.15) is 20.3 Å². The molecule has 0 aromatic carbocycles. The second kappa shape index (κ2) is 7.98. The van der Waals surface area contributed by atoms with E-state index in [0.29, 0.717) is 0 Å². The van der Waals surface area contributed by atoms with Crippen LogP contribution in [-0.4, -0.2) is 35.9 Å². The summed E-state index contributed by atoms with van der Waals surface area (Å²) in [5, 5.41) is -0.00414. The van der Waals surface area contributed by atoms with Crippen molar-refractivity contribution in [3.63, 3.8) is 0 Å². The maximum atomic E-state index is 11.1. The SMILES string of the molecule is COC(=O)CC(C)SCC(=O)NNC(C)=O. The predicted molar refractivity (Wildman–Crippen MR) is 60.5 cm³/mol. The maximum absolute atomic E-state index is 11.1. The van der Waals surface area contributed by atoms with E-state index in [9.17, 15) is 14.4 Å². The third-order valence-electron chi connectivity index (χ3n) is 1.56. The number of esters is 1. The molecule has 0 rings (SSSR count). The van der Waals surface area contributed by atoms with Crippen LogP contribution in [0.15, 0.2) is 0 Å². The van der Waals surface area contributed by atoms with Gasteiger partial charge in [-0.15, -0.1) is 11.8 Å². The zero-order valence-electron chi connectivity index (χ0n) is 9.53. The molecular formula is C9H16N2O4S. The van der Waals surface area contributed by atoms with E-state index in [-0.39, 0.29) is 35.2 Å². The Morgan fingerprint density at radius 3 is 2.44 bits per heavy atom. The number of hydrogen-bond acceptors (Lipinski definition) is 5. The number of nitrogens with one attached hydrogen (secondary N) is 2. The van der Waals surface area contributed by atoms with Crippen LogP contribution in [0, 0.1) is 0 Å². The molecule has 92 valence electrons. The van der Waals surface area contributed by atoms with Gasteiger partial charge < -0.3 is 4.74 Å². The molecule has 0 aliphatic rings. The van der Waals surface area contributed by atoms with E-state index in [4.69, 9.17) is 0 Å². The second-order valence-electron chi connectivity index (χ2n) is 3.13. The summed E-state index contributed by atoms with van der Waals surface area (Å²) < 4.78 is 4.50. The monoisotopic (exact) mass is 248 g/mol. The third-order valence-corrected chi connectivity index (χ3v) is 2.72. The molecule has 16 heavy (non-hydrogen) atoms. The molecule has 6 nitrogen and oxygen atoms in total. The molecule has 0 aromatic heterocycles. The quantitative estimate of drug-likeness (QED) is 0.521. The van der Waals surface area contributed by atoms with Gasteiger partial charge in [-0.25, -0.2) is 0 Å². The Balaban J connectivity index is 3.66. The molecule has 2 N–H and O–H groups in total. The number of carbonyl (C=O) groups is 3. The number of carbonyl (C=O) groups excluding carboxylic acids is 3. The Morgan fingerprint density at radius 1 is 1.31 bits per heavy atom. The van der Waals surface area contributed by atoms with Gasteiger partial charge in [0.05, 0.1) is 19.3 Å². The number of methoxy groups -OCH3 is 1. The summed E-state index contributed by atoms with van der Waals surface area (Å²) in [5.41, 5.74) is 4.41. The van der Waals surface area contributed by atoms with Gasteiger partial charge in [0.2, 0.25) is 11.8 Å². The van der Waals surface area contributed by atoms with E-state index in [1.165, 1.54) is 25.8 Å². The maximum Gasteiger partial charge on any atom is 0.306 e. The molecule has 1 atom stereocenters. The number of rotatable bonds is 5. The average molecular weight is 248 g/mol. The van der Waals surface area contributed by atoms with Crippen molar-refractivity contribution in [3.8, 4) is 0 Å². The van der Waals surface area contributed by atoms with E-state index >= 15 is 0 Å². The zero-order chi connectivity index (χ0) is 12.6. The predicted octanol–water partition coefficient (Wildman–Crippen LogP) is -0.162. The normalized spacial score (nSPS) is 11.4. The van der Waals surface area contributed by atoms with Crippen LogP contribution in [0.2, 0.25) is 0 Å². The highest BCUT2D eigenvalue weighted by Crippen LogP contribution is 2.13. The Morgan fingerprint density at radius 2 is 1.94 bits per heavy atom. The lowest BCUT2D eigenvalue weighted by molar-refractivity contribution is -0.140. The summed E-state index contributed by atoms with van der Waals surface area (Å²) in [5.74, 6) is -0.765. The van der Waals surface area contributed by atoms with Crippen LogP contribution in [0.5, 0.6) is 0 Å². The van der Waals surface area contributed by atoms with E-state index in [0.717, 1.165) is 0 Å². The first-order chi connectivity index (χ1) is 7.45. The molecule has 1 unspecified atom stereocenters. The van der Waals surface area contributed by atoms with Crippen molar-refractivity contribution in [2.45, 2.75) is 25.5 Å². The molecule has 0 spiro atoms. The lowest BCUT2D eigenvalue weighted by Crippen LogP contribution is -2.41. The molecule has 0 bridgehead atoms. The molecule has 2 amide bonds. The average Bonchev–Trinajstić information content (AvgIpc) is 2.23. The molecule has 0 aliphatic heterocycles. The zero-order valence-corrected chi connectivity index (χ0v) is 10.3. The number of hydrazine groups is 1. The summed E-state index contributed by atoms with van der Waals surface area (Å²) in [7, 11) is 1.32. The summed E-state index contributed by atoms with van der Waals surface area (Å²) in [6.07, 6.45) is 0.259. The largest absolute Gasteiger partial charge is 0.469 e. The molecule has 0 saturated carbocycles. The van der Waals surface area contributed by atoms with Crippen LogP contribution >= 0.6 is 11.8 Å². The summed E-state index contributed by atoms with van der Waals surface area (Å²) in [6, 6.07) is 0. The van der Waals surface area contributed by atoms with Gasteiger partial charge in [0, 0.05) is 12.2 Å². The van der Waals surface area contributed by atoms with Gasteiger partial charge in [0.1, 0.15) is 0 Å². The summed E-state index contributed by atoms with van der Waals surface area (Å²) in [4.78, 5) is 32.5. The minimum atomic E-state index is -0.332. The minimum absolute atomic E-state index is 0.00414. The first-order valence-electron chi connectivity index (χ1n) is 4.69. The van der Waals surface area contributed by atoms with Gasteiger partial charge >= 0.3 is 5.97 Å². The Labute approximate surface area is 98.4 Å². The van der Waals surface area contributed by atoms with Gasteiger partial charge in [-0.2, -0.15) is 0 Å². The summed E-state index contributed by atoms with van der Waals surface area (Å²) >= 11 is 1.32. The summed E-state index contributed by atoms with van der Waals surface area (Å²) in [6.45, 7) is 3.13. The first kappa shape index (κ1) is 14.8. The molecule has 0 aliphatic carbocycles. The van der Waals surface area contributed by atoms with E-state index in [1.54, 1.807) is 0 Å². The van der Waals surface area contributed by atoms with Crippen LogP contribution in [0.25, 0.3) is 0 Å². The highest BCUT2D eigenvalue weighted by atomic mass is 32.2. The third kappa shape index (κ3) is 8.10. The van der Waals surface area contributed by atoms with Crippen LogP contribution in [0.4, 0.5) is 0 Å². The number of thioether (sulfide) groups is 1. The van der Waals surface area contributed by atoms with E-state index < -0.39 is 0 Å². The van der Waals surface area contributed by atoms with Crippen LogP contribution in [-0.2, 0) is 19.1 Å². The van der Waals surface area contributed by atoms with Gasteiger partial charge in [0.15, 0.2) is 0 Å². The molecule has 0 fully saturated rings. The molecule has 0 aromatic rings. The fourth-order valence-electron chi connectivity index (χ4n) is 0.789. The van der Waals surface area contributed by atoms with Crippen molar-refractivity contribution in [2.75, 3.05) is 12.9 Å². The lowest BCUT2D eigenvalue weighted by atomic mass is 10.3. The fraction of sp³-hybridized carbons (Fsp3) is 0.667. The highest BCUT2D eigenvalue weighted by Gasteiger charge is 2.11. The number of ether oxygens (including phenoxy) is 1. The number of hydrogen-bond donors (Lipinski definition) is 2. The Hall–Kier alpha value is -1.24. The van der Waals surface area contributed by atoms with Crippen molar-refractivity contribution in [1.82, 2.24) is 10.9 Å². The molecule has 0 radical (unpaired) electrons. The highest BCUT2D eigenvalue weighted by molar-refractivity contribution is 8.00. The molecule has 7 heteroatoms. The van der Waals surface area contributed by atoms with Gasteiger partial charge in [-0.1, -0.05) is 6.92 Å². The van der Waals surface area contributed by atoms with Gasteiger partial charge in [-0.05, 0) is 0 Å². The van der Waals surface area contributed by atoms with Crippen LogP contribution < -0.4 is 10.9 Å². The lowest BCUT2D eigenvalue weighted by Gasteiger charge is -2.09. The topological polar surface area (TPSA) is 84.5 Å². The second-order valence-corrected chi connectivity index (χ2v) is 4.56. The molecular weight excluding hydrogens is 232 g/mol. The van der Waals surface area contributed by atoms with Gasteiger partial charge in [0.25, 0.3) is 0 Å². The van der Waals surface area contributed by atoms with Crippen molar-refractivity contribution in [2.24, 2.45) is 0 Å². The molecule has 0 saturated heterocycles. The van der Waals surface area contributed by atoms with Crippen molar-refractivity contribution in [1.29, 1.82) is 0 Å². The fourth-order valence-corrected chi connectivity index (χ4v) is 1.55. The number of amides is 2. The van der Waals surface area contributed by atoms with Crippen molar-refractivity contribution in [3.05, 3.63) is 0 Å². The molecule has 0 heterocycles. The van der Waals surface area contributed by atoms with Crippen molar-refractivity contribution >= 4 is 29.5 Å². The Bertz CT molecular complexity index is 270. The standard InChI is InChI=1S/C9H16N2O4S/c1-6(4-9(14)15-3)16-5-8(13)11-10-7(2)12/h6H,4-5H2,1-3H3,(H,10,12)(H,11,13).